The van der Waals surface area contributed by atoms with Crippen LogP contribution >= 0.6 is 0 Å². The van der Waals surface area contributed by atoms with Crippen LogP contribution in [0.5, 0.6) is 5.75 Å². The van der Waals surface area contributed by atoms with E-state index in [1.165, 1.54) is 19.3 Å². The zero-order valence-electron chi connectivity index (χ0n) is 22.5. The highest BCUT2D eigenvalue weighted by molar-refractivity contribution is 6.14. The molecule has 3 aliphatic rings. The summed E-state index contributed by atoms with van der Waals surface area (Å²) in [7, 11) is 4.06. The summed E-state index contributed by atoms with van der Waals surface area (Å²) in [6, 6.07) is 14.3. The molecule has 0 spiro atoms. The standard InChI is InChI=1S/C30H40N4O3/c1-22-9-14-27-28(21-22)33(24-10-12-26(13-11-24)37-20-17-32(2)3)30(35)34(25-15-18-36-19-16-25)31-29(27)23-7-5-4-6-8-23/h9-14,21,23,25H,4-8,15-20H2,1-3H3. The number of urea groups is 1. The Morgan fingerprint density at radius 3 is 2.43 bits per heavy atom. The van der Waals surface area contributed by atoms with Gasteiger partial charge in [0, 0.05) is 31.2 Å². The number of likely N-dealkylation sites (N-methyl/N-ethyl adjacent to an activating group) is 1. The highest BCUT2D eigenvalue weighted by Crippen LogP contribution is 2.39. The van der Waals surface area contributed by atoms with Gasteiger partial charge >= 0.3 is 6.03 Å². The Morgan fingerprint density at radius 1 is 1.00 bits per heavy atom. The molecule has 2 aromatic rings. The van der Waals surface area contributed by atoms with Gasteiger partial charge in [0.05, 0.1) is 23.1 Å². The lowest BCUT2D eigenvalue weighted by Crippen LogP contribution is -2.45. The quantitative estimate of drug-likeness (QED) is 0.466. The van der Waals surface area contributed by atoms with Crippen molar-refractivity contribution in [2.75, 3.05) is 45.4 Å². The van der Waals surface area contributed by atoms with Crippen molar-refractivity contribution >= 4 is 23.1 Å². The average molecular weight is 505 g/mol. The number of ether oxygens (including phenoxy) is 2. The number of hydrogen-bond acceptors (Lipinski definition) is 5. The van der Waals surface area contributed by atoms with E-state index < -0.39 is 0 Å². The van der Waals surface area contributed by atoms with Crippen molar-refractivity contribution < 1.29 is 14.3 Å². The Balaban J connectivity index is 1.55. The summed E-state index contributed by atoms with van der Waals surface area (Å²) in [5.74, 6) is 1.18. The number of rotatable bonds is 7. The number of aryl methyl sites for hydroxylation is 1. The summed E-state index contributed by atoms with van der Waals surface area (Å²) in [5, 5.41) is 6.98. The molecular formula is C30H40N4O3. The van der Waals surface area contributed by atoms with Gasteiger partial charge in [-0.15, -0.1) is 0 Å². The lowest BCUT2D eigenvalue weighted by atomic mass is 9.82. The van der Waals surface area contributed by atoms with Gasteiger partial charge in [0.1, 0.15) is 12.4 Å². The van der Waals surface area contributed by atoms with Crippen LogP contribution < -0.4 is 9.64 Å². The molecule has 0 unspecified atom stereocenters. The SMILES string of the molecule is Cc1ccc2c(c1)N(c1ccc(OCCN(C)C)cc1)C(=O)N(C1CCOCC1)N=C2C1CCCCC1. The van der Waals surface area contributed by atoms with Gasteiger partial charge in [0.15, 0.2) is 0 Å². The number of carbonyl (C=O) groups excluding carboxylic acids is 1. The molecule has 1 saturated carbocycles. The maximum atomic E-state index is 14.3. The van der Waals surface area contributed by atoms with Crippen LogP contribution in [0.1, 0.15) is 56.1 Å². The molecule has 0 atom stereocenters. The van der Waals surface area contributed by atoms with Gasteiger partial charge in [-0.3, -0.25) is 4.90 Å². The van der Waals surface area contributed by atoms with E-state index in [1.807, 2.05) is 43.3 Å². The summed E-state index contributed by atoms with van der Waals surface area (Å²) in [5.41, 5.74) is 5.02. The first-order valence-corrected chi connectivity index (χ1v) is 13.8. The Bertz CT molecular complexity index is 1100. The van der Waals surface area contributed by atoms with Crippen molar-refractivity contribution in [3.63, 3.8) is 0 Å². The molecular weight excluding hydrogens is 464 g/mol. The fourth-order valence-electron chi connectivity index (χ4n) is 5.59. The van der Waals surface area contributed by atoms with Crippen LogP contribution in [0.2, 0.25) is 0 Å². The maximum Gasteiger partial charge on any atom is 0.349 e. The van der Waals surface area contributed by atoms with E-state index in [0.29, 0.717) is 25.7 Å². The highest BCUT2D eigenvalue weighted by Gasteiger charge is 2.37. The molecule has 2 aliphatic heterocycles. The number of nitrogens with zero attached hydrogens (tertiary/aromatic N) is 4. The van der Waals surface area contributed by atoms with Crippen LogP contribution in [0.4, 0.5) is 16.2 Å². The van der Waals surface area contributed by atoms with E-state index in [1.54, 1.807) is 5.01 Å². The van der Waals surface area contributed by atoms with Gasteiger partial charge in [-0.2, -0.15) is 5.10 Å². The van der Waals surface area contributed by atoms with Crippen LogP contribution in [0.25, 0.3) is 0 Å². The normalized spacial score (nSPS) is 19.6. The number of fused-ring (bicyclic) bond motifs is 1. The molecule has 0 aromatic heterocycles. The third-order valence-corrected chi connectivity index (χ3v) is 7.70. The van der Waals surface area contributed by atoms with Crippen molar-refractivity contribution in [1.29, 1.82) is 0 Å². The fraction of sp³-hybridized carbons (Fsp3) is 0.533. The van der Waals surface area contributed by atoms with Crippen molar-refractivity contribution in [2.24, 2.45) is 11.0 Å². The number of hydrazone groups is 1. The predicted octanol–water partition coefficient (Wildman–Crippen LogP) is 5.97. The molecule has 5 rings (SSSR count). The topological polar surface area (TPSA) is 57.6 Å². The van der Waals surface area contributed by atoms with Crippen LogP contribution in [0.15, 0.2) is 47.6 Å². The third-order valence-electron chi connectivity index (χ3n) is 7.70. The second-order valence-corrected chi connectivity index (χ2v) is 10.8. The summed E-state index contributed by atoms with van der Waals surface area (Å²) in [4.78, 5) is 18.3. The smallest absolute Gasteiger partial charge is 0.349 e. The lowest BCUT2D eigenvalue weighted by Gasteiger charge is -2.33. The summed E-state index contributed by atoms with van der Waals surface area (Å²) >= 11 is 0. The zero-order valence-corrected chi connectivity index (χ0v) is 22.5. The van der Waals surface area contributed by atoms with Crippen molar-refractivity contribution in [1.82, 2.24) is 9.91 Å². The van der Waals surface area contributed by atoms with Gasteiger partial charge in [0.2, 0.25) is 0 Å². The molecule has 0 bridgehead atoms. The molecule has 7 nitrogen and oxygen atoms in total. The zero-order chi connectivity index (χ0) is 25.8. The summed E-state index contributed by atoms with van der Waals surface area (Å²) < 4.78 is 11.6. The molecule has 2 amide bonds. The second-order valence-electron chi connectivity index (χ2n) is 10.8. The second kappa shape index (κ2) is 11.7. The minimum atomic E-state index is -0.0918. The van der Waals surface area contributed by atoms with Crippen LogP contribution in [-0.2, 0) is 4.74 Å². The molecule has 2 aromatic carbocycles. The predicted molar refractivity (Wildman–Crippen MR) is 148 cm³/mol. The molecule has 1 aliphatic carbocycles. The monoisotopic (exact) mass is 504 g/mol. The Labute approximate surface area is 221 Å². The van der Waals surface area contributed by atoms with E-state index in [0.717, 1.165) is 66.2 Å². The van der Waals surface area contributed by atoms with Crippen LogP contribution in [0.3, 0.4) is 0 Å². The van der Waals surface area contributed by atoms with E-state index in [4.69, 9.17) is 14.6 Å². The lowest BCUT2D eigenvalue weighted by molar-refractivity contribution is 0.0480. The number of hydrogen-bond donors (Lipinski definition) is 0. The Kier molecular flexibility index (Phi) is 8.11. The first-order chi connectivity index (χ1) is 18.0. The van der Waals surface area contributed by atoms with Crippen molar-refractivity contribution in [3.05, 3.63) is 53.6 Å². The number of anilines is 2. The third kappa shape index (κ3) is 5.83. The first kappa shape index (κ1) is 25.7. The summed E-state index contributed by atoms with van der Waals surface area (Å²) in [6.45, 7) is 4.87. The fourth-order valence-corrected chi connectivity index (χ4v) is 5.59. The highest BCUT2D eigenvalue weighted by atomic mass is 16.5. The van der Waals surface area contributed by atoms with Gasteiger partial charge in [-0.25, -0.2) is 9.80 Å². The molecule has 7 heteroatoms. The van der Waals surface area contributed by atoms with Gasteiger partial charge < -0.3 is 14.4 Å². The van der Waals surface area contributed by atoms with E-state index >= 15 is 0 Å². The Morgan fingerprint density at radius 2 is 1.73 bits per heavy atom. The molecule has 2 fully saturated rings. The van der Waals surface area contributed by atoms with Crippen LogP contribution in [0, 0.1) is 12.8 Å². The largest absolute Gasteiger partial charge is 0.492 e. The minimum Gasteiger partial charge on any atom is -0.492 e. The van der Waals surface area contributed by atoms with Crippen LogP contribution in [-0.4, -0.2) is 68.2 Å². The van der Waals surface area contributed by atoms with Gasteiger partial charge in [0.25, 0.3) is 0 Å². The van der Waals surface area contributed by atoms with Gasteiger partial charge in [-0.05, 0) is 82.6 Å². The Hall–Kier alpha value is -2.90. The van der Waals surface area contributed by atoms with Crippen molar-refractivity contribution in [3.8, 4) is 5.75 Å². The first-order valence-electron chi connectivity index (χ1n) is 13.8. The minimum absolute atomic E-state index is 0.0337. The number of benzene rings is 2. The maximum absolute atomic E-state index is 14.3. The van der Waals surface area contributed by atoms with E-state index in [-0.39, 0.29) is 12.1 Å². The molecule has 2 heterocycles. The number of carbonyl (C=O) groups is 1. The molecule has 0 radical (unpaired) electrons. The van der Waals surface area contributed by atoms with Gasteiger partial charge in [-0.1, -0.05) is 31.4 Å². The number of amides is 2. The van der Waals surface area contributed by atoms with E-state index in [2.05, 4.69) is 30.0 Å². The average Bonchev–Trinajstić information content (AvgIpc) is 3.04. The molecule has 1 saturated heterocycles. The van der Waals surface area contributed by atoms with Crippen molar-refractivity contribution in [2.45, 2.75) is 57.9 Å². The summed E-state index contributed by atoms with van der Waals surface area (Å²) in [6.07, 6.45) is 7.57. The molecule has 198 valence electrons. The van der Waals surface area contributed by atoms with E-state index in [9.17, 15) is 4.79 Å². The molecule has 0 N–H and O–H groups in total. The molecule has 37 heavy (non-hydrogen) atoms.